The fourth-order valence-corrected chi connectivity index (χ4v) is 4.18. The SMILES string of the molecule is CCCCc1nc(=O)c(S(=O)(=O)c2ccc(-c3ccnc(C)c3)cc2)c(O)[nH]1. The molecule has 3 rings (SSSR count). The summed E-state index contributed by atoms with van der Waals surface area (Å²) in [5.74, 6) is -0.411. The quantitative estimate of drug-likeness (QED) is 0.659. The lowest BCUT2D eigenvalue weighted by Crippen LogP contribution is -2.21. The highest BCUT2D eigenvalue weighted by Gasteiger charge is 2.27. The molecule has 2 N–H and O–H groups in total. The Morgan fingerprint density at radius 2 is 1.82 bits per heavy atom. The summed E-state index contributed by atoms with van der Waals surface area (Å²) in [5, 5.41) is 10.1. The molecular weight excluding hydrogens is 378 g/mol. The molecule has 28 heavy (non-hydrogen) atoms. The van der Waals surface area contributed by atoms with Crippen LogP contribution in [0.25, 0.3) is 11.1 Å². The van der Waals surface area contributed by atoms with Crippen molar-refractivity contribution in [2.24, 2.45) is 0 Å². The van der Waals surface area contributed by atoms with Crippen LogP contribution in [-0.2, 0) is 16.3 Å². The van der Waals surface area contributed by atoms with Crippen molar-refractivity contribution < 1.29 is 13.5 Å². The van der Waals surface area contributed by atoms with Crippen molar-refractivity contribution in [1.29, 1.82) is 0 Å². The number of aromatic nitrogens is 3. The molecule has 3 aromatic rings. The van der Waals surface area contributed by atoms with Crippen LogP contribution in [0.2, 0.25) is 0 Å². The van der Waals surface area contributed by atoms with Gasteiger partial charge in [0.1, 0.15) is 5.82 Å². The smallest absolute Gasteiger partial charge is 0.296 e. The number of aromatic amines is 1. The molecule has 146 valence electrons. The lowest BCUT2D eigenvalue weighted by molar-refractivity contribution is 0.428. The average Bonchev–Trinajstić information content (AvgIpc) is 2.66. The summed E-state index contributed by atoms with van der Waals surface area (Å²) in [6, 6.07) is 9.82. The number of hydrogen-bond acceptors (Lipinski definition) is 6. The third-order valence-corrected chi connectivity index (χ3v) is 6.14. The monoisotopic (exact) mass is 399 g/mol. The second kappa shape index (κ2) is 7.93. The van der Waals surface area contributed by atoms with E-state index in [1.54, 1.807) is 18.3 Å². The van der Waals surface area contributed by atoms with E-state index in [9.17, 15) is 18.3 Å². The van der Waals surface area contributed by atoms with Crippen molar-refractivity contribution in [2.75, 3.05) is 0 Å². The number of pyridine rings is 1. The van der Waals surface area contributed by atoms with Crippen molar-refractivity contribution in [3.63, 3.8) is 0 Å². The molecule has 0 saturated carbocycles. The van der Waals surface area contributed by atoms with Crippen molar-refractivity contribution >= 4 is 9.84 Å². The van der Waals surface area contributed by atoms with E-state index in [4.69, 9.17) is 0 Å². The van der Waals surface area contributed by atoms with Crippen LogP contribution >= 0.6 is 0 Å². The normalized spacial score (nSPS) is 11.5. The number of nitrogens with one attached hydrogen (secondary N) is 1. The fraction of sp³-hybridized carbons (Fsp3) is 0.250. The van der Waals surface area contributed by atoms with Crippen LogP contribution in [0.4, 0.5) is 0 Å². The predicted octanol–water partition coefficient (Wildman–Crippen LogP) is 3.02. The first-order chi connectivity index (χ1) is 13.3. The molecule has 0 saturated heterocycles. The van der Waals surface area contributed by atoms with Crippen LogP contribution in [0.1, 0.15) is 31.3 Å². The topological polar surface area (TPSA) is 113 Å². The van der Waals surface area contributed by atoms with E-state index in [-0.39, 0.29) is 10.7 Å². The lowest BCUT2D eigenvalue weighted by atomic mass is 10.1. The molecule has 0 aliphatic carbocycles. The molecule has 0 bridgehead atoms. The molecular formula is C20H21N3O4S. The van der Waals surface area contributed by atoms with Crippen LogP contribution in [0.3, 0.4) is 0 Å². The minimum absolute atomic E-state index is 0.0917. The zero-order valence-corrected chi connectivity index (χ0v) is 16.5. The zero-order chi connectivity index (χ0) is 20.3. The van der Waals surface area contributed by atoms with Gasteiger partial charge in [-0.05, 0) is 48.7 Å². The third-order valence-electron chi connectivity index (χ3n) is 4.34. The van der Waals surface area contributed by atoms with Gasteiger partial charge in [0, 0.05) is 18.3 Å². The maximum absolute atomic E-state index is 12.9. The average molecular weight is 399 g/mol. The first-order valence-corrected chi connectivity index (χ1v) is 10.4. The number of nitrogens with zero attached hydrogens (tertiary/aromatic N) is 2. The maximum Gasteiger partial charge on any atom is 0.296 e. The molecule has 8 heteroatoms. The highest BCUT2D eigenvalue weighted by atomic mass is 32.2. The summed E-state index contributed by atoms with van der Waals surface area (Å²) in [5.41, 5.74) is 1.60. The lowest BCUT2D eigenvalue weighted by Gasteiger charge is -2.09. The number of H-pyrrole nitrogens is 1. The molecule has 2 aromatic heterocycles. The zero-order valence-electron chi connectivity index (χ0n) is 15.6. The molecule has 7 nitrogen and oxygen atoms in total. The van der Waals surface area contributed by atoms with Crippen LogP contribution in [-0.4, -0.2) is 28.5 Å². The Balaban J connectivity index is 1.98. The second-order valence-electron chi connectivity index (χ2n) is 6.48. The summed E-state index contributed by atoms with van der Waals surface area (Å²) in [6.07, 6.45) is 3.79. The van der Waals surface area contributed by atoms with Gasteiger partial charge in [-0.15, -0.1) is 0 Å². The molecule has 0 fully saturated rings. The van der Waals surface area contributed by atoms with Gasteiger partial charge in [0.25, 0.3) is 5.56 Å². The second-order valence-corrected chi connectivity index (χ2v) is 8.37. The summed E-state index contributed by atoms with van der Waals surface area (Å²) < 4.78 is 25.7. The van der Waals surface area contributed by atoms with Gasteiger partial charge in [-0.2, -0.15) is 4.98 Å². The number of rotatable bonds is 6. The first kappa shape index (κ1) is 19.8. The minimum Gasteiger partial charge on any atom is -0.493 e. The number of hydrogen-bond donors (Lipinski definition) is 2. The standard InChI is InChI=1S/C20H21N3O4S/c1-3-4-5-17-22-19(24)18(20(25)23-17)28(26,27)16-8-6-14(7-9-16)15-10-11-21-13(2)12-15/h6-12H,3-5H2,1-2H3,(H2,22,23,24,25). The highest BCUT2D eigenvalue weighted by Crippen LogP contribution is 2.27. The summed E-state index contributed by atoms with van der Waals surface area (Å²) in [4.78, 5) is 21.9. The van der Waals surface area contributed by atoms with Gasteiger partial charge in [0.2, 0.25) is 15.7 Å². The Kier molecular flexibility index (Phi) is 5.60. The number of unbranched alkanes of at least 4 members (excludes halogenated alkanes) is 1. The van der Waals surface area contributed by atoms with E-state index in [0.717, 1.165) is 29.7 Å². The Morgan fingerprint density at radius 1 is 1.11 bits per heavy atom. The van der Waals surface area contributed by atoms with Crippen LogP contribution in [0.5, 0.6) is 5.88 Å². The Labute approximate surface area is 163 Å². The number of sulfone groups is 1. The molecule has 0 spiro atoms. The van der Waals surface area contributed by atoms with Crippen molar-refractivity contribution in [3.05, 3.63) is 64.5 Å². The van der Waals surface area contributed by atoms with E-state index in [1.807, 2.05) is 26.0 Å². The Bertz CT molecular complexity index is 1150. The molecule has 0 amide bonds. The third kappa shape index (κ3) is 3.96. The molecule has 0 atom stereocenters. The van der Waals surface area contributed by atoms with E-state index >= 15 is 0 Å². The number of aryl methyl sites for hydroxylation is 2. The van der Waals surface area contributed by atoms with Gasteiger partial charge >= 0.3 is 0 Å². The first-order valence-electron chi connectivity index (χ1n) is 8.93. The summed E-state index contributed by atoms with van der Waals surface area (Å²) in [7, 11) is -4.21. The van der Waals surface area contributed by atoms with Gasteiger partial charge in [-0.25, -0.2) is 8.42 Å². The minimum atomic E-state index is -4.21. The van der Waals surface area contributed by atoms with E-state index < -0.39 is 26.2 Å². The van der Waals surface area contributed by atoms with Crippen LogP contribution < -0.4 is 5.56 Å². The van der Waals surface area contributed by atoms with Gasteiger partial charge in [0.05, 0.1) is 4.90 Å². The highest BCUT2D eigenvalue weighted by molar-refractivity contribution is 7.91. The molecule has 0 radical (unpaired) electrons. The number of benzene rings is 1. The molecule has 2 heterocycles. The Hall–Kier alpha value is -3.00. The van der Waals surface area contributed by atoms with Gasteiger partial charge in [-0.3, -0.25) is 9.78 Å². The summed E-state index contributed by atoms with van der Waals surface area (Å²) >= 11 is 0. The van der Waals surface area contributed by atoms with Gasteiger partial charge in [-0.1, -0.05) is 25.5 Å². The van der Waals surface area contributed by atoms with E-state index in [2.05, 4.69) is 15.0 Å². The largest absolute Gasteiger partial charge is 0.493 e. The van der Waals surface area contributed by atoms with E-state index in [0.29, 0.717) is 6.42 Å². The maximum atomic E-state index is 12.9. The van der Waals surface area contributed by atoms with Crippen molar-refractivity contribution in [1.82, 2.24) is 15.0 Å². The molecule has 1 aromatic carbocycles. The molecule has 0 aliphatic rings. The number of aromatic hydroxyl groups is 1. The van der Waals surface area contributed by atoms with Crippen molar-refractivity contribution in [3.8, 4) is 17.0 Å². The van der Waals surface area contributed by atoms with Crippen LogP contribution in [0.15, 0.2) is 57.2 Å². The van der Waals surface area contributed by atoms with E-state index in [1.165, 1.54) is 12.1 Å². The Morgan fingerprint density at radius 3 is 2.43 bits per heavy atom. The summed E-state index contributed by atoms with van der Waals surface area (Å²) in [6.45, 7) is 3.85. The van der Waals surface area contributed by atoms with Gasteiger partial charge < -0.3 is 10.1 Å². The molecule has 0 unspecified atom stereocenters. The van der Waals surface area contributed by atoms with Gasteiger partial charge in [0.15, 0.2) is 4.90 Å². The van der Waals surface area contributed by atoms with Crippen LogP contribution in [0, 0.1) is 6.92 Å². The van der Waals surface area contributed by atoms with Crippen molar-refractivity contribution in [2.45, 2.75) is 42.9 Å². The fourth-order valence-electron chi connectivity index (χ4n) is 2.87. The predicted molar refractivity (Wildman–Crippen MR) is 105 cm³/mol. The molecule has 0 aliphatic heterocycles.